The molecule has 2 aliphatic rings. The molecule has 0 bridgehead atoms. The largest absolute Gasteiger partial charge is 0.510 e. The van der Waals surface area contributed by atoms with Gasteiger partial charge in [-0.05, 0) is 37.8 Å². The van der Waals surface area contributed by atoms with Gasteiger partial charge in [0.25, 0.3) is 0 Å². The van der Waals surface area contributed by atoms with Crippen LogP contribution >= 0.6 is 27.3 Å². The van der Waals surface area contributed by atoms with Crippen LogP contribution in [0.25, 0.3) is 16.8 Å². The van der Waals surface area contributed by atoms with Crippen molar-refractivity contribution in [1.29, 1.82) is 5.41 Å². The van der Waals surface area contributed by atoms with Crippen LogP contribution in [0.3, 0.4) is 0 Å². The van der Waals surface area contributed by atoms with Crippen molar-refractivity contribution in [2.75, 3.05) is 13.1 Å². The number of aromatic nitrogens is 1. The molecule has 0 spiro atoms. The molecule has 6 heteroatoms. The molecule has 1 fully saturated rings. The Labute approximate surface area is 153 Å². The monoisotopic (exact) mass is 403 g/mol. The van der Waals surface area contributed by atoms with Crippen molar-refractivity contribution < 1.29 is 5.11 Å². The second-order valence-electron chi connectivity index (χ2n) is 6.42. The molecule has 1 aromatic heterocycles. The number of aryl methyl sites for hydroxylation is 1. The van der Waals surface area contributed by atoms with E-state index < -0.39 is 0 Å². The lowest BCUT2D eigenvalue weighted by atomic mass is 10.1. The van der Waals surface area contributed by atoms with E-state index in [1.165, 1.54) is 12.8 Å². The number of benzene rings is 1. The van der Waals surface area contributed by atoms with Crippen molar-refractivity contribution in [2.45, 2.75) is 19.8 Å². The Hall–Kier alpha value is -1.66. The van der Waals surface area contributed by atoms with Crippen LogP contribution in [0.4, 0.5) is 0 Å². The number of nitrogens with zero attached hydrogens (tertiary/aromatic N) is 2. The molecule has 0 atom stereocenters. The summed E-state index contributed by atoms with van der Waals surface area (Å²) in [5.41, 5.74) is 2.58. The Kier molecular flexibility index (Phi) is 3.96. The molecule has 24 heavy (non-hydrogen) atoms. The number of hydrogen-bond acceptors (Lipinski definition) is 4. The van der Waals surface area contributed by atoms with Crippen LogP contribution < -0.4 is 0 Å². The fourth-order valence-corrected chi connectivity index (χ4v) is 4.27. The van der Waals surface area contributed by atoms with E-state index in [1.807, 2.05) is 36.1 Å². The summed E-state index contributed by atoms with van der Waals surface area (Å²) in [4.78, 5) is 7.81. The first-order chi connectivity index (χ1) is 11.5. The van der Waals surface area contributed by atoms with E-state index >= 15 is 0 Å². The predicted molar refractivity (Wildman–Crippen MR) is 102 cm³/mol. The summed E-state index contributed by atoms with van der Waals surface area (Å²) in [6.07, 6.45) is 2.48. The van der Waals surface area contributed by atoms with Crippen LogP contribution in [0.2, 0.25) is 0 Å². The molecule has 1 aromatic carbocycles. The van der Waals surface area contributed by atoms with Crippen LogP contribution in [-0.2, 0) is 0 Å². The van der Waals surface area contributed by atoms with Crippen molar-refractivity contribution >= 4 is 38.7 Å². The summed E-state index contributed by atoms with van der Waals surface area (Å²) in [6.45, 7) is 3.35. The van der Waals surface area contributed by atoms with Crippen LogP contribution in [-0.4, -0.2) is 33.9 Å². The summed E-state index contributed by atoms with van der Waals surface area (Å²) in [5, 5.41) is 19.6. The lowest BCUT2D eigenvalue weighted by Gasteiger charge is -2.17. The van der Waals surface area contributed by atoms with Crippen LogP contribution in [0.15, 0.2) is 34.5 Å². The minimum Gasteiger partial charge on any atom is -0.510 e. The number of thiazole rings is 1. The summed E-state index contributed by atoms with van der Waals surface area (Å²) >= 11 is 5.00. The Morgan fingerprint density at radius 1 is 1.33 bits per heavy atom. The molecule has 2 aromatic rings. The molecule has 0 saturated heterocycles. The van der Waals surface area contributed by atoms with Gasteiger partial charge in [0.1, 0.15) is 16.6 Å². The normalized spacial score (nSPS) is 17.9. The first-order valence-corrected chi connectivity index (χ1v) is 9.63. The molecule has 1 aliphatic carbocycles. The van der Waals surface area contributed by atoms with Gasteiger partial charge < -0.3 is 10.0 Å². The molecule has 0 amide bonds. The molecule has 124 valence electrons. The van der Waals surface area contributed by atoms with Gasteiger partial charge in [-0.1, -0.05) is 28.1 Å². The summed E-state index contributed by atoms with van der Waals surface area (Å²) in [7, 11) is 0. The van der Waals surface area contributed by atoms with Crippen LogP contribution in [0, 0.1) is 18.3 Å². The number of aliphatic hydroxyl groups is 1. The summed E-state index contributed by atoms with van der Waals surface area (Å²) in [5.74, 6) is 1.38. The standard InChI is InChI=1S/C18H18BrN3OS/c1-10-16(12-4-6-13(19)7-5-12)21-18(24-10)15-14(23)9-22(17(15)20)8-11-2-3-11/h4-7,11,20,23H,2-3,8-9H2,1H3. The zero-order valence-corrected chi connectivity index (χ0v) is 15.7. The Morgan fingerprint density at radius 3 is 2.71 bits per heavy atom. The average molecular weight is 404 g/mol. The highest BCUT2D eigenvalue weighted by atomic mass is 79.9. The smallest absolute Gasteiger partial charge is 0.135 e. The minimum atomic E-state index is 0.275. The second-order valence-corrected chi connectivity index (χ2v) is 8.54. The Balaban J connectivity index is 1.65. The maximum atomic E-state index is 10.4. The van der Waals surface area contributed by atoms with E-state index in [-0.39, 0.29) is 5.76 Å². The van der Waals surface area contributed by atoms with Crippen molar-refractivity contribution in [2.24, 2.45) is 5.92 Å². The molecular formula is C18H18BrN3OS. The van der Waals surface area contributed by atoms with Crippen molar-refractivity contribution in [3.63, 3.8) is 0 Å². The van der Waals surface area contributed by atoms with Gasteiger partial charge in [-0.15, -0.1) is 11.3 Å². The van der Waals surface area contributed by atoms with E-state index in [2.05, 4.69) is 15.9 Å². The van der Waals surface area contributed by atoms with E-state index in [0.29, 0.717) is 23.9 Å². The van der Waals surface area contributed by atoms with Gasteiger partial charge in [0.2, 0.25) is 0 Å². The zero-order chi connectivity index (χ0) is 16.8. The summed E-state index contributed by atoms with van der Waals surface area (Å²) in [6, 6.07) is 8.06. The third kappa shape index (κ3) is 2.89. The fourth-order valence-electron chi connectivity index (χ4n) is 3.01. The highest BCUT2D eigenvalue weighted by Gasteiger charge is 2.34. The molecule has 2 N–H and O–H groups in total. The van der Waals surface area contributed by atoms with Crippen LogP contribution in [0.5, 0.6) is 0 Å². The quantitative estimate of drug-likeness (QED) is 0.766. The van der Waals surface area contributed by atoms with E-state index in [1.54, 1.807) is 11.3 Å². The molecular weight excluding hydrogens is 386 g/mol. The van der Waals surface area contributed by atoms with E-state index in [4.69, 9.17) is 10.4 Å². The predicted octanol–water partition coefficient (Wildman–Crippen LogP) is 4.85. The van der Waals surface area contributed by atoms with E-state index in [9.17, 15) is 5.11 Å². The third-order valence-corrected chi connectivity index (χ3v) is 6.00. The summed E-state index contributed by atoms with van der Waals surface area (Å²) < 4.78 is 1.04. The molecule has 0 unspecified atom stereocenters. The number of amidine groups is 1. The van der Waals surface area contributed by atoms with Gasteiger partial charge in [-0.2, -0.15) is 0 Å². The topological polar surface area (TPSA) is 60.2 Å². The SMILES string of the molecule is Cc1sc(C2=C(O)CN(CC3CC3)C2=N)nc1-c1ccc(Br)cc1. The maximum absolute atomic E-state index is 10.4. The van der Waals surface area contributed by atoms with Gasteiger partial charge in [-0.25, -0.2) is 4.98 Å². The first-order valence-electron chi connectivity index (χ1n) is 8.02. The molecule has 4 rings (SSSR count). The lowest BCUT2D eigenvalue weighted by molar-refractivity contribution is 0.343. The average Bonchev–Trinajstić information content (AvgIpc) is 3.22. The number of hydrogen-bond donors (Lipinski definition) is 2. The lowest BCUT2D eigenvalue weighted by Crippen LogP contribution is -2.28. The van der Waals surface area contributed by atoms with Crippen molar-refractivity contribution in [3.8, 4) is 11.3 Å². The number of nitrogens with one attached hydrogen (secondary N) is 1. The number of rotatable bonds is 4. The van der Waals surface area contributed by atoms with E-state index in [0.717, 1.165) is 32.2 Å². The van der Waals surface area contributed by atoms with Gasteiger partial charge in [0.15, 0.2) is 0 Å². The number of aliphatic hydroxyl groups excluding tert-OH is 1. The van der Waals surface area contributed by atoms with Crippen molar-refractivity contribution in [1.82, 2.24) is 9.88 Å². The molecule has 2 heterocycles. The second kappa shape index (κ2) is 6.01. The Morgan fingerprint density at radius 2 is 2.04 bits per heavy atom. The van der Waals surface area contributed by atoms with Gasteiger partial charge in [-0.3, -0.25) is 5.41 Å². The highest BCUT2D eigenvalue weighted by Crippen LogP contribution is 2.37. The fraction of sp³-hybridized carbons (Fsp3) is 0.333. The molecule has 4 nitrogen and oxygen atoms in total. The van der Waals surface area contributed by atoms with Gasteiger partial charge >= 0.3 is 0 Å². The third-order valence-electron chi connectivity index (χ3n) is 4.49. The van der Waals surface area contributed by atoms with Gasteiger partial charge in [0.05, 0.1) is 17.8 Å². The van der Waals surface area contributed by atoms with Gasteiger partial charge in [0, 0.05) is 21.5 Å². The highest BCUT2D eigenvalue weighted by molar-refractivity contribution is 9.10. The minimum absolute atomic E-state index is 0.275. The molecule has 0 radical (unpaired) electrons. The van der Waals surface area contributed by atoms with Crippen molar-refractivity contribution in [3.05, 3.63) is 44.4 Å². The first kappa shape index (κ1) is 15.8. The van der Waals surface area contributed by atoms with Crippen LogP contribution in [0.1, 0.15) is 22.7 Å². The molecule has 1 aliphatic heterocycles. The Bertz CT molecular complexity index is 836. The molecule has 1 saturated carbocycles. The zero-order valence-electron chi connectivity index (χ0n) is 13.3. The number of halogens is 1. The maximum Gasteiger partial charge on any atom is 0.135 e.